The molecule has 0 amide bonds. The highest BCUT2D eigenvalue weighted by Gasteiger charge is 2.28. The first-order valence-electron chi connectivity index (χ1n) is 11.4. The Morgan fingerprint density at radius 1 is 1.06 bits per heavy atom. The van der Waals surface area contributed by atoms with Gasteiger partial charge in [-0.05, 0) is 37.8 Å². The molecule has 8 nitrogen and oxygen atoms in total. The zero-order valence-electron chi connectivity index (χ0n) is 19.4. The Labute approximate surface area is 197 Å². The summed E-state index contributed by atoms with van der Waals surface area (Å²) in [5.41, 5.74) is 2.91. The van der Waals surface area contributed by atoms with Crippen molar-refractivity contribution in [2.75, 3.05) is 18.0 Å². The summed E-state index contributed by atoms with van der Waals surface area (Å²) in [5, 5.41) is 4.77. The maximum atomic E-state index is 6.27. The molecule has 1 fully saturated rings. The first-order chi connectivity index (χ1) is 16.0. The second-order valence-corrected chi connectivity index (χ2v) is 9.93. The number of anilines is 1. The molecule has 9 heteroatoms. The van der Waals surface area contributed by atoms with Gasteiger partial charge in [-0.25, -0.2) is 14.5 Å². The minimum absolute atomic E-state index is 0.0789. The Kier molecular flexibility index (Phi) is 5.97. The van der Waals surface area contributed by atoms with E-state index in [0.717, 1.165) is 53.4 Å². The smallest absolute Gasteiger partial charge is 0.324 e. The van der Waals surface area contributed by atoms with E-state index in [1.165, 1.54) is 11.3 Å². The fraction of sp³-hybridized carbons (Fsp3) is 0.458. The van der Waals surface area contributed by atoms with Crippen LogP contribution in [-0.2, 0) is 7.05 Å². The molecular weight excluding hydrogens is 436 g/mol. The molecule has 4 aromatic heterocycles. The zero-order chi connectivity index (χ0) is 22.9. The number of hydrogen-bond acceptors (Lipinski definition) is 8. The van der Waals surface area contributed by atoms with Crippen LogP contribution in [0.3, 0.4) is 0 Å². The molecule has 33 heavy (non-hydrogen) atoms. The third kappa shape index (κ3) is 4.68. The van der Waals surface area contributed by atoms with Crippen molar-refractivity contribution >= 4 is 27.7 Å². The lowest BCUT2D eigenvalue weighted by Crippen LogP contribution is -2.38. The van der Waals surface area contributed by atoms with Crippen molar-refractivity contribution in [3.63, 3.8) is 0 Å². The fourth-order valence-electron chi connectivity index (χ4n) is 4.08. The quantitative estimate of drug-likeness (QED) is 0.391. The van der Waals surface area contributed by atoms with Gasteiger partial charge >= 0.3 is 6.01 Å². The van der Waals surface area contributed by atoms with Gasteiger partial charge in [-0.15, -0.1) is 0 Å². The molecule has 0 aromatic carbocycles. The standard InChI is InChI=1S/C24H29N6O2S/c1-15(2)21-27-23(32-28-21)30-13-9-17(10-14-30)16(3)31-24-26-20-6-5-19(25-22(20)33-24)18-7-11-29(4)12-8-18/h5-8,11-12,15-17H,9-10,13-14H2,1-4H3/q+1/t16-/m1/s1. The van der Waals surface area contributed by atoms with Gasteiger partial charge in [0.05, 0.1) is 5.69 Å². The number of nitrogens with zero attached hydrogens (tertiary/aromatic N) is 6. The Hall–Kier alpha value is -3.07. The fourth-order valence-corrected chi connectivity index (χ4v) is 4.96. The number of ether oxygens (including phenoxy) is 1. The van der Waals surface area contributed by atoms with E-state index >= 15 is 0 Å². The summed E-state index contributed by atoms with van der Waals surface area (Å²) >= 11 is 1.51. The van der Waals surface area contributed by atoms with Gasteiger partial charge in [0.1, 0.15) is 23.5 Å². The van der Waals surface area contributed by atoms with Crippen LogP contribution in [0.1, 0.15) is 45.4 Å². The molecule has 5 heterocycles. The van der Waals surface area contributed by atoms with Crippen molar-refractivity contribution in [2.45, 2.75) is 45.6 Å². The topological polar surface area (TPSA) is 81.0 Å². The summed E-state index contributed by atoms with van der Waals surface area (Å²) < 4.78 is 13.7. The van der Waals surface area contributed by atoms with Crippen LogP contribution in [0, 0.1) is 5.92 Å². The average Bonchev–Trinajstić information content (AvgIpc) is 3.46. The molecular formula is C24H29N6O2S+. The number of fused-ring (bicyclic) bond motifs is 1. The lowest BCUT2D eigenvalue weighted by molar-refractivity contribution is -0.671. The molecule has 0 N–H and O–H groups in total. The van der Waals surface area contributed by atoms with Crippen LogP contribution in [0.25, 0.3) is 21.6 Å². The van der Waals surface area contributed by atoms with Gasteiger partial charge < -0.3 is 14.2 Å². The summed E-state index contributed by atoms with van der Waals surface area (Å²) in [6, 6.07) is 8.80. The first kappa shape index (κ1) is 21.8. The normalized spacial score (nSPS) is 16.0. The molecule has 4 aromatic rings. The van der Waals surface area contributed by atoms with Gasteiger partial charge in [0.15, 0.2) is 18.2 Å². The number of aromatic nitrogens is 5. The molecule has 0 radical (unpaired) electrons. The number of rotatable bonds is 6. The molecule has 0 aliphatic carbocycles. The highest BCUT2D eigenvalue weighted by atomic mass is 32.1. The van der Waals surface area contributed by atoms with Gasteiger partial charge in [-0.1, -0.05) is 30.3 Å². The lowest BCUT2D eigenvalue weighted by atomic mass is 9.92. The summed E-state index contributed by atoms with van der Waals surface area (Å²) in [6.07, 6.45) is 6.16. The first-order valence-corrected chi connectivity index (χ1v) is 12.3. The van der Waals surface area contributed by atoms with Crippen LogP contribution in [0.5, 0.6) is 5.19 Å². The van der Waals surface area contributed by atoms with Crippen molar-refractivity contribution in [1.82, 2.24) is 20.1 Å². The van der Waals surface area contributed by atoms with E-state index in [1.807, 2.05) is 36.1 Å². The summed E-state index contributed by atoms with van der Waals surface area (Å²) in [6.45, 7) is 8.05. The molecule has 1 atom stereocenters. The van der Waals surface area contributed by atoms with Crippen molar-refractivity contribution < 1.29 is 13.8 Å². The maximum absolute atomic E-state index is 6.27. The zero-order valence-corrected chi connectivity index (χ0v) is 20.2. The number of pyridine rings is 2. The van der Waals surface area contributed by atoms with Gasteiger partial charge in [0.25, 0.3) is 5.19 Å². The van der Waals surface area contributed by atoms with Crippen molar-refractivity contribution in [3.8, 4) is 16.5 Å². The largest absolute Gasteiger partial charge is 0.467 e. The second kappa shape index (κ2) is 9.05. The van der Waals surface area contributed by atoms with Crippen LogP contribution in [0.4, 0.5) is 6.01 Å². The molecule has 1 aliphatic heterocycles. The van der Waals surface area contributed by atoms with E-state index in [-0.39, 0.29) is 12.0 Å². The van der Waals surface area contributed by atoms with Crippen LogP contribution in [0.2, 0.25) is 0 Å². The summed E-state index contributed by atoms with van der Waals surface area (Å²) in [7, 11) is 2.01. The van der Waals surface area contributed by atoms with Gasteiger partial charge in [-0.2, -0.15) is 4.98 Å². The van der Waals surface area contributed by atoms with E-state index in [0.29, 0.717) is 17.1 Å². The Balaban J connectivity index is 1.22. The maximum Gasteiger partial charge on any atom is 0.324 e. The van der Waals surface area contributed by atoms with E-state index in [4.69, 9.17) is 14.2 Å². The van der Waals surface area contributed by atoms with E-state index in [9.17, 15) is 0 Å². The Morgan fingerprint density at radius 3 is 2.52 bits per heavy atom. The molecule has 1 aliphatic rings. The summed E-state index contributed by atoms with van der Waals surface area (Å²) in [5.74, 6) is 1.48. The SMILES string of the molecule is CC(C)c1noc(N2CCC([C@@H](C)Oc3nc4ccc(-c5cc[n+](C)cc5)nc4s3)CC2)n1. The molecule has 172 valence electrons. The molecule has 0 saturated carbocycles. The van der Waals surface area contributed by atoms with E-state index in [2.05, 4.69) is 52.9 Å². The molecule has 0 spiro atoms. The Morgan fingerprint density at radius 2 is 1.82 bits per heavy atom. The predicted octanol–water partition coefficient (Wildman–Crippen LogP) is 4.37. The molecule has 1 saturated heterocycles. The number of thiazole rings is 1. The molecule has 0 bridgehead atoms. The van der Waals surface area contributed by atoms with Crippen LogP contribution < -0.4 is 14.2 Å². The van der Waals surface area contributed by atoms with Gasteiger partial charge in [0, 0.05) is 36.7 Å². The highest BCUT2D eigenvalue weighted by Crippen LogP contribution is 2.32. The summed E-state index contributed by atoms with van der Waals surface area (Å²) in [4.78, 5) is 17.1. The predicted molar refractivity (Wildman–Crippen MR) is 127 cm³/mol. The van der Waals surface area contributed by atoms with Gasteiger partial charge in [0.2, 0.25) is 0 Å². The molecule has 5 rings (SSSR count). The number of piperidine rings is 1. The van der Waals surface area contributed by atoms with Crippen molar-refractivity contribution in [1.29, 1.82) is 0 Å². The van der Waals surface area contributed by atoms with Crippen LogP contribution in [0.15, 0.2) is 41.2 Å². The van der Waals surface area contributed by atoms with Gasteiger partial charge in [-0.3, -0.25) is 0 Å². The highest BCUT2D eigenvalue weighted by molar-refractivity contribution is 7.19. The van der Waals surface area contributed by atoms with Crippen LogP contribution in [-0.4, -0.2) is 39.3 Å². The molecule has 0 unspecified atom stereocenters. The number of hydrogen-bond donors (Lipinski definition) is 0. The average molecular weight is 466 g/mol. The Bertz CT molecular complexity index is 1230. The van der Waals surface area contributed by atoms with Crippen LogP contribution >= 0.6 is 11.3 Å². The number of aryl methyl sites for hydroxylation is 1. The lowest BCUT2D eigenvalue weighted by Gasteiger charge is -2.33. The third-order valence-corrected chi connectivity index (χ3v) is 7.07. The second-order valence-electron chi connectivity index (χ2n) is 8.99. The van der Waals surface area contributed by atoms with Crippen molar-refractivity contribution in [2.24, 2.45) is 13.0 Å². The minimum atomic E-state index is 0.0789. The van der Waals surface area contributed by atoms with E-state index in [1.54, 1.807) is 0 Å². The monoisotopic (exact) mass is 465 g/mol. The van der Waals surface area contributed by atoms with Crippen molar-refractivity contribution in [3.05, 3.63) is 42.5 Å². The third-order valence-electron chi connectivity index (χ3n) is 6.22. The van der Waals surface area contributed by atoms with E-state index < -0.39 is 0 Å². The minimum Gasteiger partial charge on any atom is -0.467 e.